The number of hydrogen-bond donors (Lipinski definition) is 0. The predicted octanol–water partition coefficient (Wildman–Crippen LogP) is 4.06. The lowest BCUT2D eigenvalue weighted by Crippen LogP contribution is -2.68. The summed E-state index contributed by atoms with van der Waals surface area (Å²) in [6.45, 7) is 1.60. The first kappa shape index (κ1) is 24.8. The van der Waals surface area contributed by atoms with Gasteiger partial charge in [-0.2, -0.15) is 4.90 Å². The van der Waals surface area contributed by atoms with E-state index in [0.717, 1.165) is 40.4 Å². The van der Waals surface area contributed by atoms with Crippen LogP contribution in [0, 0.1) is 0 Å². The zero-order valence-corrected chi connectivity index (χ0v) is 20.4. The summed E-state index contributed by atoms with van der Waals surface area (Å²) in [5, 5.41) is 0. The summed E-state index contributed by atoms with van der Waals surface area (Å²) in [6.07, 6.45) is -0.350. The fourth-order valence-electron chi connectivity index (χ4n) is 3.57. The average Bonchev–Trinajstić information content (AvgIpc) is 2.88. The van der Waals surface area contributed by atoms with E-state index in [1.807, 2.05) is 30.3 Å². The van der Waals surface area contributed by atoms with Gasteiger partial charge in [0, 0.05) is 0 Å². The molecular weight excluding hydrogens is 492 g/mol. The minimum absolute atomic E-state index is 0.0447. The maximum absolute atomic E-state index is 13.5. The Morgan fingerprint density at radius 1 is 0.914 bits per heavy atom. The Morgan fingerprint density at radius 2 is 1.57 bits per heavy atom. The molecule has 1 spiro atoms. The van der Waals surface area contributed by atoms with E-state index in [-0.39, 0.29) is 24.5 Å². The van der Waals surface area contributed by atoms with Crippen molar-refractivity contribution in [1.29, 1.82) is 0 Å². The van der Waals surface area contributed by atoms with Crippen LogP contribution in [-0.2, 0) is 25.7 Å². The van der Waals surface area contributed by atoms with Gasteiger partial charge in [0.05, 0.1) is 17.9 Å². The van der Waals surface area contributed by atoms with Gasteiger partial charge in [0.15, 0.2) is 0 Å². The van der Waals surface area contributed by atoms with Crippen molar-refractivity contribution in [2.24, 2.45) is 0 Å². The van der Waals surface area contributed by atoms with Crippen molar-refractivity contribution in [3.8, 4) is 0 Å². The molecule has 11 heteroatoms. The largest absolute Gasteiger partial charge is 0.457 e. The van der Waals surface area contributed by atoms with Crippen LogP contribution in [0.25, 0.3) is 0 Å². The van der Waals surface area contributed by atoms with Gasteiger partial charge in [-0.1, -0.05) is 30.3 Å². The summed E-state index contributed by atoms with van der Waals surface area (Å²) < 4.78 is 8.57. The van der Waals surface area contributed by atoms with E-state index in [0.29, 0.717) is 16.4 Å². The van der Waals surface area contributed by atoms with Crippen LogP contribution in [0.5, 0.6) is 0 Å². The normalized spacial score (nSPS) is 17.5. The third kappa shape index (κ3) is 4.78. The zero-order chi connectivity index (χ0) is 25.0. The Labute approximate surface area is 210 Å². The number of hydrogen-bond acceptors (Lipinski definition) is 9. The quantitative estimate of drug-likeness (QED) is 0.431. The van der Waals surface area contributed by atoms with Crippen LogP contribution in [-0.4, -0.2) is 57.0 Å². The number of urea groups is 1. The van der Waals surface area contributed by atoms with Crippen molar-refractivity contribution in [3.05, 3.63) is 65.7 Å². The number of imide groups is 4. The molecule has 0 radical (unpaired) electrons. The molecule has 2 aliphatic heterocycles. The SMILES string of the molecule is CCOC(=O)N1C(=O)N(c2ccc(C(=O)OCc3ccccc3)cc2)C(=O)C2(SCCCS2)C1=O. The number of ether oxygens (including phenoxy) is 2. The molecule has 0 aliphatic carbocycles. The number of anilines is 1. The lowest BCUT2D eigenvalue weighted by Gasteiger charge is -2.43. The summed E-state index contributed by atoms with van der Waals surface area (Å²) in [4.78, 5) is 66.0. The molecule has 0 saturated carbocycles. The lowest BCUT2D eigenvalue weighted by molar-refractivity contribution is -0.134. The molecule has 9 nitrogen and oxygen atoms in total. The number of barbiturate groups is 1. The molecule has 2 fully saturated rings. The molecular formula is C24H22N2O7S2. The number of thioether (sulfide) groups is 2. The Morgan fingerprint density at radius 3 is 2.20 bits per heavy atom. The van der Waals surface area contributed by atoms with Gasteiger partial charge in [-0.05, 0) is 54.7 Å². The summed E-state index contributed by atoms with van der Waals surface area (Å²) in [5.74, 6) is -1.17. The molecule has 2 aliphatic rings. The van der Waals surface area contributed by atoms with Gasteiger partial charge >= 0.3 is 18.1 Å². The number of amides is 5. The Hall–Kier alpha value is -3.31. The highest BCUT2D eigenvalue weighted by Gasteiger charge is 2.61. The van der Waals surface area contributed by atoms with Crippen molar-refractivity contribution >= 4 is 59.1 Å². The number of nitrogens with zero attached hydrogens (tertiary/aromatic N) is 2. The number of esters is 1. The molecule has 2 aromatic rings. The lowest BCUT2D eigenvalue weighted by atomic mass is 10.1. The van der Waals surface area contributed by atoms with E-state index in [1.165, 1.54) is 24.3 Å². The smallest absolute Gasteiger partial charge is 0.425 e. The third-order valence-electron chi connectivity index (χ3n) is 5.28. The first-order valence-electron chi connectivity index (χ1n) is 10.9. The van der Waals surface area contributed by atoms with Crippen LogP contribution in [0.2, 0.25) is 0 Å². The van der Waals surface area contributed by atoms with E-state index < -0.39 is 34.0 Å². The van der Waals surface area contributed by atoms with Gasteiger partial charge < -0.3 is 9.47 Å². The van der Waals surface area contributed by atoms with Gasteiger partial charge in [0.2, 0.25) is 4.08 Å². The average molecular weight is 515 g/mol. The zero-order valence-electron chi connectivity index (χ0n) is 18.8. The Kier molecular flexibility index (Phi) is 7.46. The summed E-state index contributed by atoms with van der Waals surface area (Å²) in [6, 6.07) is 13.7. The maximum Gasteiger partial charge on any atom is 0.425 e. The standard InChI is InChI=1S/C24H22N2O7S2/c1-2-32-23(31)26-21(29)24(34-13-6-14-35-24)20(28)25(22(26)30)18-11-9-17(10-12-18)19(27)33-15-16-7-4-3-5-8-16/h3-5,7-12H,2,6,13-15H2,1H3. The van der Waals surface area contributed by atoms with Crippen LogP contribution < -0.4 is 4.90 Å². The summed E-state index contributed by atoms with van der Waals surface area (Å²) in [5.41, 5.74) is 1.17. The van der Waals surface area contributed by atoms with E-state index in [9.17, 15) is 24.0 Å². The summed E-state index contributed by atoms with van der Waals surface area (Å²) in [7, 11) is 0. The van der Waals surface area contributed by atoms with Crippen LogP contribution in [0.15, 0.2) is 54.6 Å². The topological polar surface area (TPSA) is 110 Å². The van der Waals surface area contributed by atoms with Crippen molar-refractivity contribution in [2.45, 2.75) is 24.0 Å². The molecule has 0 atom stereocenters. The van der Waals surface area contributed by atoms with E-state index in [4.69, 9.17) is 9.47 Å². The second-order valence-electron chi connectivity index (χ2n) is 7.54. The molecule has 0 N–H and O–H groups in total. The fraction of sp³-hybridized carbons (Fsp3) is 0.292. The highest BCUT2D eigenvalue weighted by Crippen LogP contribution is 2.48. The highest BCUT2D eigenvalue weighted by molar-refractivity contribution is 8.21. The van der Waals surface area contributed by atoms with Crippen LogP contribution >= 0.6 is 23.5 Å². The fourth-order valence-corrected chi connectivity index (χ4v) is 6.60. The number of carbonyl (C=O) groups is 5. The molecule has 0 aromatic heterocycles. The Bertz CT molecular complexity index is 1150. The molecule has 4 rings (SSSR count). The minimum Gasteiger partial charge on any atom is -0.457 e. The molecule has 0 unspecified atom stereocenters. The molecule has 182 valence electrons. The van der Waals surface area contributed by atoms with Crippen LogP contribution in [0.1, 0.15) is 29.3 Å². The highest BCUT2D eigenvalue weighted by atomic mass is 32.2. The van der Waals surface area contributed by atoms with Gasteiger partial charge in [-0.25, -0.2) is 19.3 Å². The first-order valence-corrected chi connectivity index (χ1v) is 12.8. The molecule has 2 aromatic carbocycles. The van der Waals surface area contributed by atoms with Crippen LogP contribution in [0.4, 0.5) is 15.3 Å². The number of rotatable bonds is 5. The van der Waals surface area contributed by atoms with Crippen molar-refractivity contribution in [2.75, 3.05) is 23.0 Å². The second kappa shape index (κ2) is 10.5. The minimum atomic E-state index is -1.66. The van der Waals surface area contributed by atoms with Gasteiger partial charge in [-0.15, -0.1) is 23.5 Å². The second-order valence-corrected chi connectivity index (χ2v) is 10.4. The molecule has 5 amide bonds. The third-order valence-corrected chi connectivity index (χ3v) is 8.48. The number of carbonyl (C=O) groups excluding carboxylic acids is 5. The van der Waals surface area contributed by atoms with Crippen molar-refractivity contribution < 1.29 is 33.4 Å². The molecule has 2 heterocycles. The first-order chi connectivity index (χ1) is 16.9. The monoisotopic (exact) mass is 514 g/mol. The Balaban J connectivity index is 1.59. The molecule has 0 bridgehead atoms. The van der Waals surface area contributed by atoms with E-state index in [2.05, 4.69) is 0 Å². The van der Waals surface area contributed by atoms with Crippen molar-refractivity contribution in [3.63, 3.8) is 0 Å². The van der Waals surface area contributed by atoms with E-state index >= 15 is 0 Å². The van der Waals surface area contributed by atoms with Gasteiger partial charge in [0.25, 0.3) is 11.8 Å². The van der Waals surface area contributed by atoms with Gasteiger partial charge in [0.1, 0.15) is 6.61 Å². The molecule has 35 heavy (non-hydrogen) atoms. The maximum atomic E-state index is 13.5. The summed E-state index contributed by atoms with van der Waals surface area (Å²) >= 11 is 2.20. The van der Waals surface area contributed by atoms with Crippen LogP contribution in [0.3, 0.4) is 0 Å². The number of benzene rings is 2. The van der Waals surface area contributed by atoms with E-state index in [1.54, 1.807) is 6.92 Å². The molecule has 2 saturated heterocycles. The van der Waals surface area contributed by atoms with Crippen molar-refractivity contribution in [1.82, 2.24) is 4.90 Å². The van der Waals surface area contributed by atoms with Gasteiger partial charge in [-0.3, -0.25) is 9.59 Å². The predicted molar refractivity (Wildman–Crippen MR) is 131 cm³/mol.